The molecule has 0 unspecified atom stereocenters. The predicted octanol–water partition coefficient (Wildman–Crippen LogP) is 3.44. The van der Waals surface area contributed by atoms with E-state index >= 15 is 0 Å². The fourth-order valence-electron chi connectivity index (χ4n) is 3.28. The van der Waals surface area contributed by atoms with Gasteiger partial charge in [-0.15, -0.1) is 0 Å². The van der Waals surface area contributed by atoms with Gasteiger partial charge >= 0.3 is 0 Å². The number of amides is 1. The third-order valence-electron chi connectivity index (χ3n) is 4.87. The van der Waals surface area contributed by atoms with Crippen molar-refractivity contribution in [3.05, 3.63) is 59.7 Å². The van der Waals surface area contributed by atoms with E-state index in [1.165, 1.54) is 0 Å². The van der Waals surface area contributed by atoms with Crippen molar-refractivity contribution in [2.45, 2.75) is 31.2 Å². The summed E-state index contributed by atoms with van der Waals surface area (Å²) in [5, 5.41) is 3.09. The Hall–Kier alpha value is -2.49. The Balaban J connectivity index is 1.71. The van der Waals surface area contributed by atoms with E-state index < -0.39 is 0 Å². The molecule has 126 valence electrons. The van der Waals surface area contributed by atoms with E-state index in [2.05, 4.69) is 17.4 Å². The molecule has 2 aromatic carbocycles. The summed E-state index contributed by atoms with van der Waals surface area (Å²) in [5.41, 5.74) is 1.74. The van der Waals surface area contributed by atoms with E-state index in [4.69, 9.17) is 9.47 Å². The second-order valence-corrected chi connectivity index (χ2v) is 6.17. The molecule has 1 aliphatic carbocycles. The molecule has 24 heavy (non-hydrogen) atoms. The second-order valence-electron chi connectivity index (χ2n) is 6.17. The number of ether oxygens (including phenoxy) is 2. The molecule has 0 aromatic heterocycles. The van der Waals surface area contributed by atoms with Gasteiger partial charge in [-0.05, 0) is 36.1 Å². The fraction of sp³-hybridized carbons (Fsp3) is 0.350. The fourth-order valence-corrected chi connectivity index (χ4v) is 3.28. The molecule has 1 fully saturated rings. The second kappa shape index (κ2) is 6.95. The first-order valence-corrected chi connectivity index (χ1v) is 8.24. The number of rotatable bonds is 6. The minimum atomic E-state index is -0.363. The molecule has 0 atom stereocenters. The minimum Gasteiger partial charge on any atom is -0.493 e. The average molecular weight is 325 g/mol. The van der Waals surface area contributed by atoms with Crippen molar-refractivity contribution in [1.82, 2.24) is 5.32 Å². The SMILES string of the molecule is COc1ccc(CNC(=O)C2(c3ccccc3)CCC2)cc1OC. The molecule has 1 amide bonds. The monoisotopic (exact) mass is 325 g/mol. The van der Waals surface area contributed by atoms with Crippen LogP contribution in [0.25, 0.3) is 0 Å². The Kier molecular flexibility index (Phi) is 4.74. The molecule has 1 saturated carbocycles. The van der Waals surface area contributed by atoms with E-state index in [0.717, 1.165) is 30.4 Å². The van der Waals surface area contributed by atoms with Crippen LogP contribution in [0.2, 0.25) is 0 Å². The third-order valence-corrected chi connectivity index (χ3v) is 4.87. The highest BCUT2D eigenvalue weighted by molar-refractivity contribution is 5.89. The normalized spacial score (nSPS) is 15.2. The van der Waals surface area contributed by atoms with Crippen LogP contribution >= 0.6 is 0 Å². The van der Waals surface area contributed by atoms with Crippen molar-refractivity contribution in [3.63, 3.8) is 0 Å². The first-order valence-electron chi connectivity index (χ1n) is 8.24. The van der Waals surface area contributed by atoms with E-state index in [0.29, 0.717) is 18.0 Å². The number of carbonyl (C=O) groups excluding carboxylic acids is 1. The zero-order valence-electron chi connectivity index (χ0n) is 14.2. The lowest BCUT2D eigenvalue weighted by molar-refractivity contribution is -0.130. The van der Waals surface area contributed by atoms with Crippen molar-refractivity contribution in [2.24, 2.45) is 0 Å². The highest BCUT2D eigenvalue weighted by Crippen LogP contribution is 2.44. The number of hydrogen-bond donors (Lipinski definition) is 1. The van der Waals surface area contributed by atoms with Crippen LogP contribution in [0.3, 0.4) is 0 Å². The van der Waals surface area contributed by atoms with Crippen LogP contribution in [0.1, 0.15) is 30.4 Å². The van der Waals surface area contributed by atoms with Crippen LogP contribution in [0.15, 0.2) is 48.5 Å². The predicted molar refractivity (Wildman–Crippen MR) is 93.4 cm³/mol. The molecule has 0 radical (unpaired) electrons. The highest BCUT2D eigenvalue weighted by atomic mass is 16.5. The molecule has 0 spiro atoms. The third kappa shape index (κ3) is 2.96. The molecule has 0 aliphatic heterocycles. The van der Waals surface area contributed by atoms with Crippen LogP contribution in [0, 0.1) is 0 Å². The summed E-state index contributed by atoms with van der Waals surface area (Å²) >= 11 is 0. The maximum absolute atomic E-state index is 12.8. The molecule has 0 saturated heterocycles. The Bertz CT molecular complexity index is 708. The van der Waals surface area contributed by atoms with Crippen LogP contribution in [0.4, 0.5) is 0 Å². The number of nitrogens with one attached hydrogen (secondary N) is 1. The van der Waals surface area contributed by atoms with Gasteiger partial charge in [0, 0.05) is 6.54 Å². The maximum Gasteiger partial charge on any atom is 0.230 e. The molecular weight excluding hydrogens is 302 g/mol. The van der Waals surface area contributed by atoms with Gasteiger partial charge in [0.2, 0.25) is 5.91 Å². The molecule has 0 bridgehead atoms. The molecule has 3 rings (SSSR count). The van der Waals surface area contributed by atoms with Gasteiger partial charge < -0.3 is 14.8 Å². The molecular formula is C20H23NO3. The standard InChI is InChI=1S/C20H23NO3/c1-23-17-10-9-15(13-18(17)24-2)14-21-19(22)20(11-6-12-20)16-7-4-3-5-8-16/h3-5,7-10,13H,6,11-12,14H2,1-2H3,(H,21,22). The zero-order chi connectivity index (χ0) is 17.0. The summed E-state index contributed by atoms with van der Waals surface area (Å²) in [5.74, 6) is 1.47. The zero-order valence-corrected chi connectivity index (χ0v) is 14.2. The smallest absolute Gasteiger partial charge is 0.230 e. The summed E-state index contributed by atoms with van der Waals surface area (Å²) in [7, 11) is 3.22. The summed E-state index contributed by atoms with van der Waals surface area (Å²) < 4.78 is 10.6. The Labute approximate surface area is 142 Å². The summed E-state index contributed by atoms with van der Waals surface area (Å²) in [6.07, 6.45) is 2.92. The minimum absolute atomic E-state index is 0.106. The average Bonchev–Trinajstić information content (AvgIpc) is 2.59. The van der Waals surface area contributed by atoms with Crippen LogP contribution < -0.4 is 14.8 Å². The van der Waals surface area contributed by atoms with Gasteiger partial charge in [-0.1, -0.05) is 42.8 Å². The quantitative estimate of drug-likeness (QED) is 0.885. The first kappa shape index (κ1) is 16.4. The van der Waals surface area contributed by atoms with Crippen molar-refractivity contribution in [1.29, 1.82) is 0 Å². The Morgan fingerprint density at radius 1 is 1.04 bits per heavy atom. The van der Waals surface area contributed by atoms with Crippen LogP contribution in [-0.2, 0) is 16.8 Å². The lowest BCUT2D eigenvalue weighted by Crippen LogP contribution is -2.48. The molecule has 4 nitrogen and oxygen atoms in total. The number of benzene rings is 2. The Morgan fingerprint density at radius 3 is 2.33 bits per heavy atom. The molecule has 0 heterocycles. The van der Waals surface area contributed by atoms with Crippen molar-refractivity contribution < 1.29 is 14.3 Å². The molecule has 4 heteroatoms. The summed E-state index contributed by atoms with van der Waals surface area (Å²) in [4.78, 5) is 12.8. The van der Waals surface area contributed by atoms with Crippen LogP contribution in [0.5, 0.6) is 11.5 Å². The largest absolute Gasteiger partial charge is 0.493 e. The topological polar surface area (TPSA) is 47.6 Å². The van der Waals surface area contributed by atoms with E-state index in [-0.39, 0.29) is 11.3 Å². The van der Waals surface area contributed by atoms with Crippen molar-refractivity contribution in [3.8, 4) is 11.5 Å². The van der Waals surface area contributed by atoms with Gasteiger partial charge in [-0.25, -0.2) is 0 Å². The molecule has 1 aliphatic rings. The van der Waals surface area contributed by atoms with Crippen LogP contribution in [-0.4, -0.2) is 20.1 Å². The van der Waals surface area contributed by atoms with Gasteiger partial charge in [-0.2, -0.15) is 0 Å². The van der Waals surface area contributed by atoms with Crippen molar-refractivity contribution in [2.75, 3.05) is 14.2 Å². The lowest BCUT2D eigenvalue weighted by Gasteiger charge is -2.40. The van der Waals surface area contributed by atoms with E-state index in [9.17, 15) is 4.79 Å². The molecule has 1 N–H and O–H groups in total. The van der Waals surface area contributed by atoms with Gasteiger partial charge in [0.25, 0.3) is 0 Å². The van der Waals surface area contributed by atoms with Gasteiger partial charge in [0.1, 0.15) is 0 Å². The molecule has 2 aromatic rings. The number of hydrogen-bond acceptors (Lipinski definition) is 3. The Morgan fingerprint density at radius 2 is 1.75 bits per heavy atom. The highest BCUT2D eigenvalue weighted by Gasteiger charge is 2.45. The summed E-state index contributed by atoms with van der Waals surface area (Å²) in [6.45, 7) is 0.480. The van der Waals surface area contributed by atoms with Crippen molar-refractivity contribution >= 4 is 5.91 Å². The van der Waals surface area contributed by atoms with Gasteiger partial charge in [-0.3, -0.25) is 4.79 Å². The van der Waals surface area contributed by atoms with E-state index in [1.54, 1.807) is 14.2 Å². The van der Waals surface area contributed by atoms with Gasteiger partial charge in [0.05, 0.1) is 19.6 Å². The summed E-state index contributed by atoms with van der Waals surface area (Å²) in [6, 6.07) is 15.8. The maximum atomic E-state index is 12.8. The van der Waals surface area contributed by atoms with E-state index in [1.807, 2.05) is 36.4 Å². The number of methoxy groups -OCH3 is 2. The lowest BCUT2D eigenvalue weighted by atomic mass is 9.64. The number of carbonyl (C=O) groups is 1. The first-order chi connectivity index (χ1) is 11.7. The van der Waals surface area contributed by atoms with Gasteiger partial charge in [0.15, 0.2) is 11.5 Å².